The molecule has 3 heterocycles. The van der Waals surface area contributed by atoms with E-state index in [0.29, 0.717) is 11.2 Å². The molecule has 2 aromatic heterocycles. The van der Waals surface area contributed by atoms with Crippen LogP contribution in [0.15, 0.2) is 6.33 Å². The Balaban J connectivity index is 2.07. The first-order chi connectivity index (χ1) is 10.1. The Kier molecular flexibility index (Phi) is 3.37. The lowest BCUT2D eigenvalue weighted by Gasteiger charge is -2.16. The Morgan fingerprint density at radius 1 is 1.38 bits per heavy atom. The first kappa shape index (κ1) is 13.9. The molecule has 1 aliphatic rings. The number of aromatic nitrogens is 4. The number of fused-ring (bicyclic) bond motifs is 1. The highest BCUT2D eigenvalue weighted by atomic mass is 16.6. The molecule has 0 radical (unpaired) electrons. The van der Waals surface area contributed by atoms with Crippen LogP contribution < -0.4 is 10.5 Å². The second kappa shape index (κ2) is 5.07. The van der Waals surface area contributed by atoms with E-state index in [0.717, 1.165) is 0 Å². The molecule has 10 heteroatoms. The standard InChI is InChI=1S/C11H15N5O5/c1-20-9-5-8(14-11(12)15-9)16(3-13-5)10-7(19)6(18)4(2-17)21-10/h3-4,6-7,10,17-19H,2H2,1H3,(H2,12,14,15)/t4-,6-,7+,10?/m1/s1. The fourth-order valence-electron chi connectivity index (χ4n) is 2.35. The van der Waals surface area contributed by atoms with Crippen LogP contribution in [0.25, 0.3) is 11.2 Å². The predicted molar refractivity (Wildman–Crippen MR) is 69.3 cm³/mol. The van der Waals surface area contributed by atoms with Crippen LogP contribution in [0.3, 0.4) is 0 Å². The van der Waals surface area contributed by atoms with Gasteiger partial charge in [0.25, 0.3) is 0 Å². The van der Waals surface area contributed by atoms with E-state index < -0.39 is 31.1 Å². The third-order valence-corrected chi connectivity index (χ3v) is 3.39. The average Bonchev–Trinajstić information content (AvgIpc) is 3.01. The molecule has 0 aromatic carbocycles. The molecule has 0 saturated carbocycles. The first-order valence-electron chi connectivity index (χ1n) is 6.23. The lowest BCUT2D eigenvalue weighted by Crippen LogP contribution is -2.33. The molecule has 10 nitrogen and oxygen atoms in total. The normalized spacial score (nSPS) is 29.1. The van der Waals surface area contributed by atoms with Gasteiger partial charge in [0.05, 0.1) is 20.0 Å². The van der Waals surface area contributed by atoms with Crippen LogP contribution in [0, 0.1) is 0 Å². The highest BCUT2D eigenvalue weighted by molar-refractivity contribution is 5.77. The number of ether oxygens (including phenoxy) is 2. The van der Waals surface area contributed by atoms with Crippen LogP contribution >= 0.6 is 0 Å². The minimum absolute atomic E-state index is 0.0205. The maximum atomic E-state index is 10.0. The quantitative estimate of drug-likeness (QED) is 0.506. The van der Waals surface area contributed by atoms with Gasteiger partial charge in [0.1, 0.15) is 18.3 Å². The van der Waals surface area contributed by atoms with E-state index in [2.05, 4.69) is 15.0 Å². The zero-order valence-corrected chi connectivity index (χ0v) is 11.1. The predicted octanol–water partition coefficient (Wildman–Crippen LogP) is -1.97. The number of rotatable bonds is 3. The molecule has 0 spiro atoms. The molecule has 4 atom stereocenters. The molecule has 114 valence electrons. The van der Waals surface area contributed by atoms with E-state index >= 15 is 0 Å². The van der Waals surface area contributed by atoms with Gasteiger partial charge in [-0.3, -0.25) is 4.57 Å². The van der Waals surface area contributed by atoms with E-state index in [-0.39, 0.29) is 11.8 Å². The highest BCUT2D eigenvalue weighted by Crippen LogP contribution is 2.32. The number of nitrogens with two attached hydrogens (primary N) is 1. The Bertz CT molecular complexity index is 662. The summed E-state index contributed by atoms with van der Waals surface area (Å²) in [5.74, 6) is 0.177. The van der Waals surface area contributed by atoms with Gasteiger partial charge in [-0.05, 0) is 0 Å². The lowest BCUT2D eigenvalue weighted by molar-refractivity contribution is -0.0511. The van der Waals surface area contributed by atoms with Gasteiger partial charge in [-0.25, -0.2) is 4.98 Å². The van der Waals surface area contributed by atoms with E-state index in [4.69, 9.17) is 20.3 Å². The highest BCUT2D eigenvalue weighted by Gasteiger charge is 2.44. The van der Waals surface area contributed by atoms with Crippen LogP contribution in [0.5, 0.6) is 5.88 Å². The smallest absolute Gasteiger partial charge is 0.246 e. The van der Waals surface area contributed by atoms with Crippen molar-refractivity contribution < 1.29 is 24.8 Å². The van der Waals surface area contributed by atoms with Gasteiger partial charge in [-0.1, -0.05) is 0 Å². The summed E-state index contributed by atoms with van der Waals surface area (Å²) in [4.78, 5) is 12.1. The van der Waals surface area contributed by atoms with Crippen LogP contribution in [0.4, 0.5) is 5.95 Å². The van der Waals surface area contributed by atoms with Gasteiger partial charge in [0, 0.05) is 0 Å². The van der Waals surface area contributed by atoms with Crippen molar-refractivity contribution in [3.05, 3.63) is 6.33 Å². The Morgan fingerprint density at radius 2 is 2.14 bits per heavy atom. The largest absolute Gasteiger partial charge is 0.479 e. The zero-order chi connectivity index (χ0) is 15.1. The molecule has 21 heavy (non-hydrogen) atoms. The number of aliphatic hydroxyl groups is 3. The summed E-state index contributed by atoms with van der Waals surface area (Å²) in [5, 5.41) is 29.0. The van der Waals surface area contributed by atoms with Gasteiger partial charge in [0.2, 0.25) is 11.8 Å². The summed E-state index contributed by atoms with van der Waals surface area (Å²) in [7, 11) is 1.42. The second-order valence-electron chi connectivity index (χ2n) is 4.64. The van der Waals surface area contributed by atoms with Gasteiger partial charge >= 0.3 is 0 Å². The van der Waals surface area contributed by atoms with Crippen molar-refractivity contribution in [3.8, 4) is 5.88 Å². The van der Waals surface area contributed by atoms with Crippen molar-refractivity contribution in [1.82, 2.24) is 19.5 Å². The minimum atomic E-state index is -1.23. The molecule has 2 aromatic rings. The van der Waals surface area contributed by atoms with E-state index in [1.165, 1.54) is 18.0 Å². The molecule has 0 aliphatic carbocycles. The van der Waals surface area contributed by atoms with E-state index in [1.54, 1.807) is 0 Å². The molecule has 0 amide bonds. The van der Waals surface area contributed by atoms with Gasteiger partial charge in [-0.2, -0.15) is 9.97 Å². The molecule has 1 unspecified atom stereocenters. The molecular weight excluding hydrogens is 282 g/mol. The lowest BCUT2D eigenvalue weighted by atomic mass is 10.1. The van der Waals surface area contributed by atoms with Gasteiger partial charge in [0.15, 0.2) is 17.4 Å². The number of hydrogen-bond acceptors (Lipinski definition) is 9. The number of nitrogens with zero attached hydrogens (tertiary/aromatic N) is 4. The van der Waals surface area contributed by atoms with Gasteiger partial charge < -0.3 is 30.5 Å². The maximum Gasteiger partial charge on any atom is 0.246 e. The Labute approximate surface area is 118 Å². The topological polar surface area (TPSA) is 149 Å². The number of aliphatic hydroxyl groups excluding tert-OH is 3. The fraction of sp³-hybridized carbons (Fsp3) is 0.545. The van der Waals surface area contributed by atoms with E-state index in [9.17, 15) is 10.2 Å². The summed E-state index contributed by atoms with van der Waals surface area (Å²) in [6, 6.07) is 0. The van der Waals surface area contributed by atoms with Gasteiger partial charge in [-0.15, -0.1) is 0 Å². The number of methoxy groups -OCH3 is 1. The molecular formula is C11H15N5O5. The van der Waals surface area contributed by atoms with Crippen molar-refractivity contribution in [2.24, 2.45) is 0 Å². The van der Waals surface area contributed by atoms with Crippen molar-refractivity contribution in [2.45, 2.75) is 24.5 Å². The number of nitrogen functional groups attached to an aromatic ring is 1. The summed E-state index contributed by atoms with van der Waals surface area (Å²) < 4.78 is 11.9. The Hall–Kier alpha value is -2.01. The van der Waals surface area contributed by atoms with E-state index in [1.807, 2.05) is 0 Å². The van der Waals surface area contributed by atoms with Crippen LogP contribution in [-0.2, 0) is 4.74 Å². The van der Waals surface area contributed by atoms with Crippen molar-refractivity contribution in [2.75, 3.05) is 19.5 Å². The van der Waals surface area contributed by atoms with Crippen molar-refractivity contribution in [1.29, 1.82) is 0 Å². The molecule has 1 saturated heterocycles. The fourth-order valence-corrected chi connectivity index (χ4v) is 2.35. The molecule has 1 aliphatic heterocycles. The SMILES string of the molecule is COc1nc(N)nc2c1ncn2C1O[C@H](CO)[C@@H](O)[C@@H]1O. The number of hydrogen-bond donors (Lipinski definition) is 4. The summed E-state index contributed by atoms with van der Waals surface area (Å²) in [6.07, 6.45) is -2.90. The van der Waals surface area contributed by atoms with Crippen molar-refractivity contribution >= 4 is 17.1 Å². The Morgan fingerprint density at radius 3 is 2.76 bits per heavy atom. The second-order valence-corrected chi connectivity index (χ2v) is 4.64. The van der Waals surface area contributed by atoms with Crippen LogP contribution in [-0.4, -0.2) is 66.9 Å². The molecule has 3 rings (SSSR count). The number of imidazole rings is 1. The zero-order valence-electron chi connectivity index (χ0n) is 11.1. The third-order valence-electron chi connectivity index (χ3n) is 3.39. The number of anilines is 1. The summed E-state index contributed by atoms with van der Waals surface area (Å²) in [5.41, 5.74) is 6.26. The summed E-state index contributed by atoms with van der Waals surface area (Å²) in [6.45, 7) is -0.415. The maximum absolute atomic E-state index is 10.0. The monoisotopic (exact) mass is 297 g/mol. The molecule has 1 fully saturated rings. The minimum Gasteiger partial charge on any atom is -0.479 e. The molecule has 0 bridgehead atoms. The van der Waals surface area contributed by atoms with Crippen molar-refractivity contribution in [3.63, 3.8) is 0 Å². The van der Waals surface area contributed by atoms with Crippen LogP contribution in [0.1, 0.15) is 6.23 Å². The van der Waals surface area contributed by atoms with Crippen LogP contribution in [0.2, 0.25) is 0 Å². The first-order valence-corrected chi connectivity index (χ1v) is 6.23. The third kappa shape index (κ3) is 2.08. The summed E-state index contributed by atoms with van der Waals surface area (Å²) >= 11 is 0. The molecule has 5 N–H and O–H groups in total. The average molecular weight is 297 g/mol.